The molecule has 124 valence electrons. The third-order valence-electron chi connectivity index (χ3n) is 3.95. The molecule has 0 radical (unpaired) electrons. The maximum Gasteiger partial charge on any atom is 0.325 e. The zero-order chi connectivity index (χ0) is 17.1. The van der Waals surface area contributed by atoms with Crippen LogP contribution in [0.15, 0.2) is 43.1 Å². The first-order valence-electron chi connectivity index (χ1n) is 7.64. The van der Waals surface area contributed by atoms with E-state index in [-0.39, 0.29) is 12.5 Å². The second kappa shape index (κ2) is 6.57. The van der Waals surface area contributed by atoms with E-state index in [1.807, 2.05) is 30.5 Å². The van der Waals surface area contributed by atoms with E-state index in [1.54, 1.807) is 0 Å². The molecule has 0 saturated carbocycles. The van der Waals surface area contributed by atoms with Gasteiger partial charge >= 0.3 is 6.03 Å². The quantitative estimate of drug-likeness (QED) is 0.544. The Kier molecular flexibility index (Phi) is 4.33. The van der Waals surface area contributed by atoms with Gasteiger partial charge in [0.15, 0.2) is 0 Å². The summed E-state index contributed by atoms with van der Waals surface area (Å²) in [6.45, 7) is 3.50. The number of urea groups is 1. The Bertz CT molecular complexity index is 811. The van der Waals surface area contributed by atoms with Gasteiger partial charge in [0, 0.05) is 30.1 Å². The van der Waals surface area contributed by atoms with Crippen molar-refractivity contribution in [3.05, 3.63) is 48.7 Å². The summed E-state index contributed by atoms with van der Waals surface area (Å²) in [5, 5.41) is 6.21. The fraction of sp³-hybridized carbons (Fsp3) is 0.235. The number of rotatable bonds is 6. The molecule has 1 atom stereocenters. The Balaban J connectivity index is 1.69. The number of imide groups is 1. The van der Waals surface area contributed by atoms with Gasteiger partial charge in [-0.2, -0.15) is 0 Å². The lowest BCUT2D eigenvalue weighted by molar-refractivity contribution is -0.132. The summed E-state index contributed by atoms with van der Waals surface area (Å²) in [5.74, 6) is -0.787. The zero-order valence-electron chi connectivity index (χ0n) is 13.0. The maximum absolute atomic E-state index is 12.4. The summed E-state index contributed by atoms with van der Waals surface area (Å²) in [6, 6.07) is 6.55. The van der Waals surface area contributed by atoms with Crippen LogP contribution in [0.2, 0.25) is 0 Å². The second-order valence-corrected chi connectivity index (χ2v) is 5.58. The van der Waals surface area contributed by atoms with Crippen molar-refractivity contribution in [2.24, 2.45) is 0 Å². The normalized spacial score (nSPS) is 17.2. The summed E-state index contributed by atoms with van der Waals surface area (Å²) in [7, 11) is 0. The van der Waals surface area contributed by atoms with E-state index in [1.165, 1.54) is 6.08 Å². The highest BCUT2D eigenvalue weighted by atomic mass is 16.2. The number of aromatic nitrogens is 1. The molecule has 24 heavy (non-hydrogen) atoms. The van der Waals surface area contributed by atoms with E-state index in [0.29, 0.717) is 13.0 Å². The number of H-pyrrole nitrogens is 1. The summed E-state index contributed by atoms with van der Waals surface area (Å²) in [5.41, 5.74) is 1.92. The Morgan fingerprint density at radius 1 is 1.33 bits per heavy atom. The third-order valence-corrected chi connectivity index (χ3v) is 3.95. The lowest BCUT2D eigenvalue weighted by atomic mass is 10.1. The van der Waals surface area contributed by atoms with Crippen molar-refractivity contribution in [1.29, 1.82) is 0 Å². The Labute approximate surface area is 138 Å². The topological polar surface area (TPSA) is 94.3 Å². The monoisotopic (exact) mass is 326 g/mol. The first-order chi connectivity index (χ1) is 11.6. The van der Waals surface area contributed by atoms with Crippen LogP contribution < -0.4 is 10.6 Å². The molecule has 1 aliphatic heterocycles. The highest BCUT2D eigenvalue weighted by Gasteiger charge is 2.39. The number of carbonyl (C=O) groups excluding carboxylic acids is 3. The van der Waals surface area contributed by atoms with Gasteiger partial charge in [-0.25, -0.2) is 4.79 Å². The average molecular weight is 326 g/mol. The van der Waals surface area contributed by atoms with Crippen LogP contribution in [0.3, 0.4) is 0 Å². The van der Waals surface area contributed by atoms with Crippen LogP contribution in [0.5, 0.6) is 0 Å². The first kappa shape index (κ1) is 15.8. The van der Waals surface area contributed by atoms with Crippen molar-refractivity contribution in [1.82, 2.24) is 20.5 Å². The number of hydrogen-bond acceptors (Lipinski definition) is 3. The molecule has 1 fully saturated rings. The fourth-order valence-electron chi connectivity index (χ4n) is 2.77. The van der Waals surface area contributed by atoms with Crippen molar-refractivity contribution < 1.29 is 14.4 Å². The van der Waals surface area contributed by atoms with Gasteiger partial charge in [0.25, 0.3) is 5.91 Å². The van der Waals surface area contributed by atoms with Crippen LogP contribution in [0, 0.1) is 0 Å². The molecule has 1 aliphatic rings. The third kappa shape index (κ3) is 3.01. The summed E-state index contributed by atoms with van der Waals surface area (Å²) in [4.78, 5) is 40.2. The second-order valence-electron chi connectivity index (χ2n) is 5.58. The first-order valence-corrected chi connectivity index (χ1v) is 7.64. The molecule has 0 aliphatic carbocycles. The minimum atomic E-state index is -0.663. The van der Waals surface area contributed by atoms with Crippen LogP contribution in [0.4, 0.5) is 4.79 Å². The highest BCUT2D eigenvalue weighted by Crippen LogP contribution is 2.21. The van der Waals surface area contributed by atoms with Crippen molar-refractivity contribution >= 4 is 28.7 Å². The molecule has 0 bridgehead atoms. The number of fused-ring (bicyclic) bond motifs is 1. The lowest BCUT2D eigenvalue weighted by Gasteiger charge is -2.12. The van der Waals surface area contributed by atoms with Gasteiger partial charge in [-0.15, -0.1) is 6.58 Å². The largest absolute Gasteiger partial charge is 0.361 e. The molecule has 1 aromatic heterocycles. The van der Waals surface area contributed by atoms with Crippen molar-refractivity contribution in [2.75, 3.05) is 13.1 Å². The van der Waals surface area contributed by atoms with Gasteiger partial charge in [0.1, 0.15) is 12.6 Å². The molecule has 0 unspecified atom stereocenters. The van der Waals surface area contributed by atoms with Gasteiger partial charge < -0.3 is 15.6 Å². The Morgan fingerprint density at radius 3 is 2.92 bits per heavy atom. The zero-order valence-corrected chi connectivity index (χ0v) is 13.0. The molecule has 1 aromatic carbocycles. The van der Waals surface area contributed by atoms with Gasteiger partial charge in [0.05, 0.1) is 0 Å². The number of para-hydroxylation sites is 1. The molecule has 0 spiro atoms. The van der Waals surface area contributed by atoms with E-state index < -0.39 is 18.0 Å². The number of benzene rings is 1. The number of aromatic amines is 1. The Morgan fingerprint density at radius 2 is 2.12 bits per heavy atom. The van der Waals surface area contributed by atoms with Crippen LogP contribution >= 0.6 is 0 Å². The van der Waals surface area contributed by atoms with Crippen LogP contribution in [-0.4, -0.2) is 46.9 Å². The molecule has 4 amide bonds. The molecule has 2 heterocycles. The van der Waals surface area contributed by atoms with Crippen molar-refractivity contribution in [2.45, 2.75) is 12.5 Å². The SMILES string of the molecule is C=CCNC(=O)CN1C(=O)N[C@@H](Cc2c[nH]c3ccccc23)C1=O. The highest BCUT2D eigenvalue weighted by molar-refractivity contribution is 6.06. The predicted octanol–water partition coefficient (Wildman–Crippen LogP) is 0.933. The van der Waals surface area contributed by atoms with Gasteiger partial charge in [-0.1, -0.05) is 24.3 Å². The molecule has 7 nitrogen and oxygen atoms in total. The van der Waals surface area contributed by atoms with E-state index >= 15 is 0 Å². The molecule has 3 rings (SSSR count). The van der Waals surface area contributed by atoms with E-state index in [9.17, 15) is 14.4 Å². The molecule has 2 aromatic rings. The molecule has 7 heteroatoms. The van der Waals surface area contributed by atoms with Crippen molar-refractivity contribution in [3.63, 3.8) is 0 Å². The van der Waals surface area contributed by atoms with Crippen molar-refractivity contribution in [3.8, 4) is 0 Å². The number of carbonyl (C=O) groups is 3. The van der Waals surface area contributed by atoms with E-state index in [0.717, 1.165) is 21.4 Å². The molecule has 1 saturated heterocycles. The minimum absolute atomic E-state index is 0.289. The number of hydrogen-bond donors (Lipinski definition) is 3. The fourth-order valence-corrected chi connectivity index (χ4v) is 2.77. The maximum atomic E-state index is 12.4. The predicted molar refractivity (Wildman–Crippen MR) is 89.2 cm³/mol. The Hall–Kier alpha value is -3.09. The summed E-state index contributed by atoms with van der Waals surface area (Å²) in [6.07, 6.45) is 3.74. The number of nitrogens with zero attached hydrogens (tertiary/aromatic N) is 1. The summed E-state index contributed by atoms with van der Waals surface area (Å²) >= 11 is 0. The van der Waals surface area contributed by atoms with Gasteiger partial charge in [0.2, 0.25) is 5.91 Å². The number of nitrogens with one attached hydrogen (secondary N) is 3. The van der Waals surface area contributed by atoms with Gasteiger partial charge in [-0.05, 0) is 11.6 Å². The minimum Gasteiger partial charge on any atom is -0.361 e. The van der Waals surface area contributed by atoms with E-state index in [4.69, 9.17) is 0 Å². The average Bonchev–Trinajstić information content (AvgIpc) is 3.10. The summed E-state index contributed by atoms with van der Waals surface area (Å²) < 4.78 is 0. The van der Waals surface area contributed by atoms with E-state index in [2.05, 4.69) is 22.2 Å². The molecule has 3 N–H and O–H groups in total. The van der Waals surface area contributed by atoms with Crippen LogP contribution in [0.25, 0.3) is 10.9 Å². The lowest BCUT2D eigenvalue weighted by Crippen LogP contribution is -2.41. The molecular weight excluding hydrogens is 308 g/mol. The van der Waals surface area contributed by atoms with Gasteiger partial charge in [-0.3, -0.25) is 14.5 Å². The smallest absolute Gasteiger partial charge is 0.325 e. The number of amides is 4. The standard InChI is InChI=1S/C17H18N4O3/c1-2-7-18-15(22)10-21-16(23)14(20-17(21)24)8-11-9-19-13-6-4-3-5-12(11)13/h2-6,9,14,19H,1,7-8,10H2,(H,18,22)(H,20,24)/t14-/m0/s1. The molecular formula is C17H18N4O3. The van der Waals surface area contributed by atoms with Crippen LogP contribution in [-0.2, 0) is 16.0 Å². The van der Waals surface area contributed by atoms with Crippen LogP contribution in [0.1, 0.15) is 5.56 Å².